The fraction of sp³-hybridized carbons (Fsp3) is 1.00. The van der Waals surface area contributed by atoms with Crippen molar-refractivity contribution in [1.82, 2.24) is 5.32 Å². The lowest BCUT2D eigenvalue weighted by atomic mass is 9.91. The minimum atomic E-state index is -2.33. The maximum atomic E-state index is 8.99. The molecule has 0 aromatic heterocycles. The molecule has 0 aromatic carbocycles. The Labute approximate surface area is 75.7 Å². The van der Waals surface area contributed by atoms with Gasteiger partial charge in [0.15, 0.2) is 0 Å². The van der Waals surface area contributed by atoms with Crippen molar-refractivity contribution in [3.8, 4) is 0 Å². The van der Waals surface area contributed by atoms with Crippen molar-refractivity contribution in [2.75, 3.05) is 13.1 Å². The van der Waals surface area contributed by atoms with Gasteiger partial charge in [-0.25, -0.2) is 0 Å². The van der Waals surface area contributed by atoms with Crippen molar-refractivity contribution in [3.05, 3.63) is 0 Å². The highest BCUT2D eigenvalue weighted by molar-refractivity contribution is 6.41. The van der Waals surface area contributed by atoms with Gasteiger partial charge in [-0.15, -0.1) is 0 Å². The number of hydrogen-bond acceptors (Lipinski definition) is 3. The van der Waals surface area contributed by atoms with Crippen LogP contribution in [0, 0.1) is 11.8 Å². The van der Waals surface area contributed by atoms with E-state index in [9.17, 15) is 0 Å². The lowest BCUT2D eigenvalue weighted by molar-refractivity contribution is 0.329. The van der Waals surface area contributed by atoms with Crippen molar-refractivity contribution in [3.63, 3.8) is 0 Å². The molecule has 0 aromatic rings. The van der Waals surface area contributed by atoms with E-state index in [-0.39, 0.29) is 0 Å². The Hall–Kier alpha value is 0.0969. The molecular formula is C8H19NO2Si. The molecular weight excluding hydrogens is 170 g/mol. The van der Waals surface area contributed by atoms with Crippen LogP contribution in [0.2, 0.25) is 6.04 Å². The molecule has 0 amide bonds. The molecule has 12 heavy (non-hydrogen) atoms. The minimum absolute atomic E-state index is 0.534. The first-order chi connectivity index (χ1) is 5.74. The van der Waals surface area contributed by atoms with Crippen LogP contribution in [0.4, 0.5) is 0 Å². The highest BCUT2D eigenvalue weighted by Crippen LogP contribution is 2.25. The van der Waals surface area contributed by atoms with Gasteiger partial charge < -0.3 is 14.9 Å². The van der Waals surface area contributed by atoms with E-state index in [1.807, 2.05) is 0 Å². The van der Waals surface area contributed by atoms with Gasteiger partial charge in [0.05, 0.1) is 0 Å². The predicted octanol–water partition coefficient (Wildman–Crippen LogP) is -0.173. The van der Waals surface area contributed by atoms with Gasteiger partial charge in [0.2, 0.25) is 0 Å². The molecule has 1 fully saturated rings. The summed E-state index contributed by atoms with van der Waals surface area (Å²) < 4.78 is 0. The van der Waals surface area contributed by atoms with E-state index in [1.165, 1.54) is 6.42 Å². The van der Waals surface area contributed by atoms with Crippen LogP contribution < -0.4 is 5.32 Å². The molecule has 0 spiro atoms. The van der Waals surface area contributed by atoms with Crippen molar-refractivity contribution < 1.29 is 9.59 Å². The Bertz CT molecular complexity index is 126. The molecule has 0 radical (unpaired) electrons. The van der Waals surface area contributed by atoms with Gasteiger partial charge in [-0.2, -0.15) is 0 Å². The van der Waals surface area contributed by atoms with Gasteiger partial charge in [-0.05, 0) is 37.4 Å². The van der Waals surface area contributed by atoms with Crippen LogP contribution in [0.3, 0.4) is 0 Å². The second-order valence-corrected chi connectivity index (χ2v) is 5.07. The molecule has 2 atom stereocenters. The predicted molar refractivity (Wildman–Crippen MR) is 51.2 cm³/mol. The van der Waals surface area contributed by atoms with Gasteiger partial charge in [-0.1, -0.05) is 13.3 Å². The van der Waals surface area contributed by atoms with E-state index in [2.05, 4.69) is 12.2 Å². The maximum Gasteiger partial charge on any atom is 0.316 e. The van der Waals surface area contributed by atoms with Gasteiger partial charge in [0.1, 0.15) is 0 Å². The molecule has 0 saturated carbocycles. The Morgan fingerprint density at radius 2 is 2.33 bits per heavy atom. The first-order valence-electron chi connectivity index (χ1n) is 4.81. The molecule has 1 saturated heterocycles. The third kappa shape index (κ3) is 2.86. The van der Waals surface area contributed by atoms with Crippen molar-refractivity contribution >= 4 is 9.28 Å². The second-order valence-electron chi connectivity index (χ2n) is 3.64. The molecule has 1 rings (SSSR count). The summed E-state index contributed by atoms with van der Waals surface area (Å²) >= 11 is 0. The molecule has 0 aliphatic carbocycles. The Morgan fingerprint density at radius 3 is 2.75 bits per heavy atom. The van der Waals surface area contributed by atoms with Crippen LogP contribution >= 0.6 is 0 Å². The summed E-state index contributed by atoms with van der Waals surface area (Å²) in [5.41, 5.74) is 0. The Morgan fingerprint density at radius 1 is 1.58 bits per heavy atom. The van der Waals surface area contributed by atoms with Crippen LogP contribution in [-0.4, -0.2) is 32.0 Å². The van der Waals surface area contributed by atoms with Gasteiger partial charge in [0.25, 0.3) is 0 Å². The zero-order valence-corrected chi connectivity index (χ0v) is 8.82. The van der Waals surface area contributed by atoms with Crippen LogP contribution in [0.15, 0.2) is 0 Å². The largest absolute Gasteiger partial charge is 0.413 e. The van der Waals surface area contributed by atoms with E-state index in [0.29, 0.717) is 17.9 Å². The van der Waals surface area contributed by atoms with Gasteiger partial charge in [0, 0.05) is 0 Å². The van der Waals surface area contributed by atoms with Gasteiger partial charge in [-0.3, -0.25) is 0 Å². The summed E-state index contributed by atoms with van der Waals surface area (Å²) in [7, 11) is -2.33. The highest BCUT2D eigenvalue weighted by Gasteiger charge is 2.25. The van der Waals surface area contributed by atoms with E-state index < -0.39 is 9.28 Å². The third-order valence-corrected chi connectivity index (χ3v) is 3.83. The lowest BCUT2D eigenvalue weighted by Gasteiger charge is -2.21. The monoisotopic (exact) mass is 189 g/mol. The first-order valence-corrected chi connectivity index (χ1v) is 6.65. The SMILES string of the molecule is CCC(C[SiH](O)O)C1CCNC1. The minimum Gasteiger partial charge on any atom is -0.413 e. The molecule has 1 aliphatic rings. The van der Waals surface area contributed by atoms with E-state index in [0.717, 1.165) is 19.5 Å². The normalized spacial score (nSPS) is 26.5. The number of rotatable bonds is 4. The smallest absolute Gasteiger partial charge is 0.316 e. The number of nitrogens with one attached hydrogen (secondary N) is 1. The quantitative estimate of drug-likeness (QED) is 0.538. The van der Waals surface area contributed by atoms with E-state index >= 15 is 0 Å². The third-order valence-electron chi connectivity index (χ3n) is 2.80. The molecule has 4 heteroatoms. The molecule has 72 valence electrons. The molecule has 0 bridgehead atoms. The lowest BCUT2D eigenvalue weighted by Crippen LogP contribution is -2.23. The van der Waals surface area contributed by atoms with Crippen LogP contribution in [0.25, 0.3) is 0 Å². The summed E-state index contributed by atoms with van der Waals surface area (Å²) in [4.78, 5) is 18.0. The van der Waals surface area contributed by atoms with Crippen LogP contribution in [-0.2, 0) is 0 Å². The summed E-state index contributed by atoms with van der Waals surface area (Å²) in [6.45, 7) is 4.31. The maximum absolute atomic E-state index is 8.99. The Kier molecular flexibility index (Phi) is 4.21. The summed E-state index contributed by atoms with van der Waals surface area (Å²) in [6, 6.07) is 0.669. The molecule has 2 unspecified atom stereocenters. The fourth-order valence-electron chi connectivity index (χ4n) is 2.04. The summed E-state index contributed by atoms with van der Waals surface area (Å²) in [5.74, 6) is 1.22. The average molecular weight is 189 g/mol. The summed E-state index contributed by atoms with van der Waals surface area (Å²) in [5, 5.41) is 3.31. The van der Waals surface area contributed by atoms with E-state index in [1.54, 1.807) is 0 Å². The molecule has 1 aliphatic heterocycles. The summed E-state index contributed by atoms with van der Waals surface area (Å²) in [6.07, 6.45) is 2.29. The molecule has 3 N–H and O–H groups in total. The zero-order valence-electron chi connectivity index (χ0n) is 7.66. The fourth-order valence-corrected chi connectivity index (χ4v) is 3.30. The van der Waals surface area contributed by atoms with Gasteiger partial charge >= 0.3 is 9.28 Å². The molecule has 1 heterocycles. The van der Waals surface area contributed by atoms with Crippen LogP contribution in [0.5, 0.6) is 0 Å². The van der Waals surface area contributed by atoms with Crippen molar-refractivity contribution in [1.29, 1.82) is 0 Å². The Balaban J connectivity index is 2.32. The van der Waals surface area contributed by atoms with E-state index in [4.69, 9.17) is 9.59 Å². The highest BCUT2D eigenvalue weighted by atomic mass is 28.3. The average Bonchev–Trinajstić information content (AvgIpc) is 2.51. The van der Waals surface area contributed by atoms with Crippen molar-refractivity contribution in [2.45, 2.75) is 25.8 Å². The molecule has 3 nitrogen and oxygen atoms in total. The second kappa shape index (κ2) is 4.96. The van der Waals surface area contributed by atoms with Crippen LogP contribution in [0.1, 0.15) is 19.8 Å². The number of hydrogen-bond donors (Lipinski definition) is 3. The standard InChI is InChI=1S/C8H19NO2Si/c1-2-7(6-12(10)11)8-3-4-9-5-8/h7-12H,2-6H2,1H3. The zero-order chi connectivity index (χ0) is 8.97. The van der Waals surface area contributed by atoms with Crippen molar-refractivity contribution in [2.24, 2.45) is 11.8 Å². The first kappa shape index (κ1) is 10.2. The topological polar surface area (TPSA) is 52.5 Å².